The summed E-state index contributed by atoms with van der Waals surface area (Å²) >= 11 is 6.48. The number of aliphatic hydroxyl groups is 1. The maximum atomic E-state index is 12.5. The van der Waals surface area contributed by atoms with E-state index in [1.165, 1.54) is 24.0 Å². The molecule has 0 radical (unpaired) electrons. The standard InChI is InChI=1S/C40H57ClN4O4S.C3H8O/c1-5-7-31-21-34(41)12-14-36(31)33-23-45(39-20-30(25-46)10-15-40(39)49-26-33)22-32-11-13-37(32)38(9-6-8-28(2)29(3)50(47)42-4)44-17-16-43-18-19-48-27-35(43)24-44;1-3(2)4/h6,9-10,12,14-15,20-21,25,28-29,32-33,35,37-38,42H,5,7-8,11,13,16-19,22-24,26-27H2,1-4H3;3-4H,1-2H3/b9-6+;. The Balaban J connectivity index is 0.00000133. The summed E-state index contributed by atoms with van der Waals surface area (Å²) in [6, 6.07) is 13.0. The van der Waals surface area contributed by atoms with Crippen LogP contribution in [-0.2, 0) is 22.1 Å². The summed E-state index contributed by atoms with van der Waals surface area (Å²) in [6.45, 7) is 18.1. The highest BCUT2D eigenvalue weighted by Crippen LogP contribution is 2.44. The topological polar surface area (TPSA) is 94.6 Å². The van der Waals surface area contributed by atoms with Gasteiger partial charge >= 0.3 is 0 Å². The first-order valence-electron chi connectivity index (χ1n) is 20.3. The summed E-state index contributed by atoms with van der Waals surface area (Å²) in [4.78, 5) is 19.8. The number of nitrogens with zero attached hydrogens (tertiary/aromatic N) is 3. The van der Waals surface area contributed by atoms with Crippen LogP contribution in [-0.4, -0.2) is 115 Å². The van der Waals surface area contributed by atoms with Crippen LogP contribution in [0, 0.1) is 17.8 Å². The Kier molecular flexibility index (Phi) is 16.4. The number of allylic oxidation sites excluding steroid dienone is 1. The van der Waals surface area contributed by atoms with E-state index in [1.54, 1.807) is 20.9 Å². The summed E-state index contributed by atoms with van der Waals surface area (Å²) in [5.41, 5.74) is 4.31. The number of rotatable bonds is 14. The fraction of sp³-hybridized carbons (Fsp3) is 0.651. The van der Waals surface area contributed by atoms with Gasteiger partial charge in [-0.05, 0) is 113 Å². The zero-order valence-corrected chi connectivity index (χ0v) is 35.0. The molecule has 0 spiro atoms. The van der Waals surface area contributed by atoms with Crippen LogP contribution >= 0.6 is 11.6 Å². The molecule has 1 aliphatic carbocycles. The lowest BCUT2D eigenvalue weighted by atomic mass is 9.68. The molecule has 3 fully saturated rings. The molecule has 2 saturated heterocycles. The molecule has 3 aliphatic heterocycles. The number of aliphatic hydroxyl groups excluding tert-OH is 1. The lowest BCUT2D eigenvalue weighted by Gasteiger charge is -2.51. The number of morpholine rings is 1. The third-order valence-electron chi connectivity index (χ3n) is 11.8. The van der Waals surface area contributed by atoms with E-state index in [1.807, 2.05) is 24.3 Å². The van der Waals surface area contributed by atoms with E-state index in [2.05, 4.69) is 64.5 Å². The number of piperazine rings is 1. The van der Waals surface area contributed by atoms with Crippen LogP contribution in [0.1, 0.15) is 87.7 Å². The van der Waals surface area contributed by atoms with Gasteiger partial charge in [0.1, 0.15) is 12.0 Å². The first kappa shape index (κ1) is 42.8. The normalized spacial score (nSPS) is 25.6. The molecule has 2 N–H and O–H groups in total. The summed E-state index contributed by atoms with van der Waals surface area (Å²) in [5, 5.41) is 8.91. The molecule has 8 atom stereocenters. The van der Waals surface area contributed by atoms with Gasteiger partial charge in [-0.25, -0.2) is 8.93 Å². The molecule has 0 bridgehead atoms. The van der Waals surface area contributed by atoms with Crippen LogP contribution in [0.2, 0.25) is 5.02 Å². The number of carbonyl (C=O) groups excluding carboxylic acids is 1. The summed E-state index contributed by atoms with van der Waals surface area (Å²) in [6.07, 6.45) is 11.0. The Hall–Kier alpha value is -2.31. The minimum absolute atomic E-state index is 0.0792. The third kappa shape index (κ3) is 11.2. The van der Waals surface area contributed by atoms with Crippen molar-refractivity contribution in [3.8, 4) is 5.75 Å². The highest BCUT2D eigenvalue weighted by Gasteiger charge is 2.42. The van der Waals surface area contributed by atoms with Gasteiger partial charge in [-0.1, -0.05) is 50.1 Å². The number of aryl methyl sites for hydroxylation is 1. The van der Waals surface area contributed by atoms with E-state index >= 15 is 0 Å². The van der Waals surface area contributed by atoms with Crippen molar-refractivity contribution in [3.05, 3.63) is 70.3 Å². The summed E-state index contributed by atoms with van der Waals surface area (Å²) in [7, 11) is 0.735. The van der Waals surface area contributed by atoms with Gasteiger partial charge in [0, 0.05) is 79.2 Å². The predicted molar refractivity (Wildman–Crippen MR) is 222 cm³/mol. The maximum absolute atomic E-state index is 12.5. The molecule has 6 rings (SSSR count). The number of carbonyl (C=O) groups is 1. The molecule has 1 saturated carbocycles. The lowest BCUT2D eigenvalue weighted by molar-refractivity contribution is -0.0610. The molecule has 8 unspecified atom stereocenters. The van der Waals surface area contributed by atoms with Crippen LogP contribution in [0.25, 0.3) is 0 Å². The number of fused-ring (bicyclic) bond motifs is 2. The molecule has 11 heteroatoms. The minimum Gasteiger partial charge on any atom is -0.491 e. The molecule has 9 nitrogen and oxygen atoms in total. The SMILES string of the molecule is CC(C)O.CCCc1cc(Cl)ccc1C1COc2ccc(C=O)cc2N(CC2CCC2C(/C=C/CC(C)C(C)S(=O)NC)N2CCN3CCOCC3C2)C1. The first-order chi connectivity index (χ1) is 26.0. The Morgan fingerprint density at radius 3 is 2.56 bits per heavy atom. The Bertz CT molecular complexity index is 1560. The number of nitrogens with one attached hydrogen (secondary N) is 1. The number of benzene rings is 2. The molecular formula is C43H65ClN4O5S. The van der Waals surface area contributed by atoms with E-state index in [4.69, 9.17) is 26.2 Å². The monoisotopic (exact) mass is 784 g/mol. The molecule has 0 aromatic heterocycles. The molecule has 0 amide bonds. The largest absolute Gasteiger partial charge is 0.491 e. The zero-order chi connectivity index (χ0) is 38.8. The first-order valence-corrected chi connectivity index (χ1v) is 21.9. The number of hydrogen-bond donors (Lipinski definition) is 2. The van der Waals surface area contributed by atoms with E-state index in [0.717, 1.165) is 94.5 Å². The third-order valence-corrected chi connectivity index (χ3v) is 13.6. The predicted octanol–water partition coefficient (Wildman–Crippen LogP) is 6.74. The van der Waals surface area contributed by atoms with Crippen molar-refractivity contribution in [3.63, 3.8) is 0 Å². The molecule has 2 aromatic rings. The number of hydrogen-bond acceptors (Lipinski definition) is 8. The minimum atomic E-state index is -1.04. The average Bonchev–Trinajstić information content (AvgIpc) is 3.34. The number of ether oxygens (including phenoxy) is 2. The van der Waals surface area contributed by atoms with Crippen molar-refractivity contribution in [1.82, 2.24) is 14.5 Å². The van der Waals surface area contributed by atoms with E-state index in [9.17, 15) is 9.00 Å². The lowest BCUT2D eigenvalue weighted by Crippen LogP contribution is -2.61. The molecule has 2 aromatic carbocycles. The number of halogens is 1. The van der Waals surface area contributed by atoms with Crippen LogP contribution in [0.5, 0.6) is 5.75 Å². The van der Waals surface area contributed by atoms with Gasteiger partial charge in [0.25, 0.3) is 0 Å². The van der Waals surface area contributed by atoms with Crippen molar-refractivity contribution in [2.24, 2.45) is 17.8 Å². The summed E-state index contributed by atoms with van der Waals surface area (Å²) in [5.74, 6) is 2.37. The van der Waals surface area contributed by atoms with Gasteiger partial charge < -0.3 is 19.5 Å². The molecule has 4 aliphatic rings. The van der Waals surface area contributed by atoms with Crippen molar-refractivity contribution in [2.75, 3.05) is 71.0 Å². The molecular weight excluding hydrogens is 720 g/mol. The van der Waals surface area contributed by atoms with Gasteiger partial charge in [0.05, 0.1) is 36.5 Å². The molecule has 3 heterocycles. The molecule has 300 valence electrons. The van der Waals surface area contributed by atoms with Crippen LogP contribution < -0.4 is 14.4 Å². The Morgan fingerprint density at radius 1 is 1.06 bits per heavy atom. The highest BCUT2D eigenvalue weighted by atomic mass is 35.5. The smallest absolute Gasteiger partial charge is 0.150 e. The fourth-order valence-corrected chi connectivity index (χ4v) is 9.66. The Labute approximate surface area is 332 Å². The van der Waals surface area contributed by atoms with E-state index in [0.29, 0.717) is 42.0 Å². The van der Waals surface area contributed by atoms with Crippen LogP contribution in [0.3, 0.4) is 0 Å². The highest BCUT2D eigenvalue weighted by molar-refractivity contribution is 7.83. The van der Waals surface area contributed by atoms with E-state index in [-0.39, 0.29) is 17.3 Å². The van der Waals surface area contributed by atoms with Gasteiger partial charge in [-0.15, -0.1) is 0 Å². The van der Waals surface area contributed by atoms with Gasteiger partial charge in [-0.3, -0.25) is 14.6 Å². The van der Waals surface area contributed by atoms with Crippen molar-refractivity contribution < 1.29 is 23.6 Å². The van der Waals surface area contributed by atoms with Gasteiger partial charge in [0.15, 0.2) is 0 Å². The van der Waals surface area contributed by atoms with Crippen molar-refractivity contribution in [1.29, 1.82) is 0 Å². The molecule has 54 heavy (non-hydrogen) atoms. The Morgan fingerprint density at radius 2 is 1.85 bits per heavy atom. The quantitative estimate of drug-likeness (QED) is 0.161. The van der Waals surface area contributed by atoms with Crippen molar-refractivity contribution >= 4 is 34.6 Å². The zero-order valence-electron chi connectivity index (χ0n) is 33.4. The van der Waals surface area contributed by atoms with Crippen LogP contribution in [0.15, 0.2) is 48.6 Å². The number of anilines is 1. The summed E-state index contributed by atoms with van der Waals surface area (Å²) < 4.78 is 27.9. The second kappa shape index (κ2) is 20.7. The second-order valence-electron chi connectivity index (χ2n) is 16.0. The second-order valence-corrected chi connectivity index (χ2v) is 18.2. The van der Waals surface area contributed by atoms with Crippen LogP contribution in [0.4, 0.5) is 5.69 Å². The van der Waals surface area contributed by atoms with Gasteiger partial charge in [-0.2, -0.15) is 0 Å². The number of aldehydes is 1. The van der Waals surface area contributed by atoms with Gasteiger partial charge in [0.2, 0.25) is 0 Å². The van der Waals surface area contributed by atoms with Crippen molar-refractivity contribution in [2.45, 2.75) is 96.1 Å². The van der Waals surface area contributed by atoms with E-state index < -0.39 is 11.0 Å². The fourth-order valence-electron chi connectivity index (χ4n) is 8.56. The maximum Gasteiger partial charge on any atom is 0.150 e. The average molecular weight is 786 g/mol.